The summed E-state index contributed by atoms with van der Waals surface area (Å²) in [5, 5.41) is 10.5. The molecule has 0 bridgehead atoms. The van der Waals surface area contributed by atoms with E-state index in [1.807, 2.05) is 29.0 Å². The fourth-order valence-electron chi connectivity index (χ4n) is 2.65. The molecule has 0 spiro atoms. The molecule has 0 fully saturated rings. The predicted molar refractivity (Wildman–Crippen MR) is 67.5 cm³/mol. The zero-order valence-electron chi connectivity index (χ0n) is 10.3. The van der Waals surface area contributed by atoms with Crippen molar-refractivity contribution in [1.82, 2.24) is 9.55 Å². The molecule has 0 aliphatic heterocycles. The molecule has 1 aliphatic carbocycles. The Bertz CT molecular complexity index is 537. The van der Waals surface area contributed by atoms with Gasteiger partial charge in [0.25, 0.3) is 0 Å². The minimum atomic E-state index is -0.502. The average molecular weight is 244 g/mol. The molecule has 1 aliphatic rings. The van der Waals surface area contributed by atoms with Crippen LogP contribution in [0, 0.1) is 0 Å². The average Bonchev–Trinajstić information content (AvgIpc) is 2.93. The number of rotatable bonds is 2. The van der Waals surface area contributed by atoms with Crippen LogP contribution < -0.4 is 4.74 Å². The van der Waals surface area contributed by atoms with Crippen LogP contribution in [0.25, 0.3) is 0 Å². The molecule has 94 valence electrons. The van der Waals surface area contributed by atoms with Crippen LogP contribution in [0.2, 0.25) is 0 Å². The number of nitrogens with zero attached hydrogens (tertiary/aromatic N) is 2. The molecule has 0 unspecified atom stereocenters. The summed E-state index contributed by atoms with van der Waals surface area (Å²) >= 11 is 0. The van der Waals surface area contributed by atoms with Gasteiger partial charge in [-0.1, -0.05) is 6.07 Å². The van der Waals surface area contributed by atoms with Gasteiger partial charge in [0.1, 0.15) is 11.9 Å². The van der Waals surface area contributed by atoms with Crippen molar-refractivity contribution in [2.24, 2.45) is 0 Å². The topological polar surface area (TPSA) is 47.3 Å². The summed E-state index contributed by atoms with van der Waals surface area (Å²) in [6.45, 7) is 0. The molecule has 1 heterocycles. The summed E-state index contributed by atoms with van der Waals surface area (Å²) in [6, 6.07) is 5.99. The smallest absolute Gasteiger partial charge is 0.119 e. The van der Waals surface area contributed by atoms with E-state index < -0.39 is 6.10 Å². The molecule has 18 heavy (non-hydrogen) atoms. The summed E-state index contributed by atoms with van der Waals surface area (Å²) in [5.41, 5.74) is 2.18. The first kappa shape index (κ1) is 11.3. The maximum Gasteiger partial charge on any atom is 0.119 e. The van der Waals surface area contributed by atoms with E-state index >= 15 is 0 Å². The molecule has 1 N–H and O–H groups in total. The second-order valence-electron chi connectivity index (χ2n) is 4.63. The molecule has 0 radical (unpaired) electrons. The van der Waals surface area contributed by atoms with E-state index in [-0.39, 0.29) is 6.04 Å². The number of methoxy groups -OCH3 is 1. The van der Waals surface area contributed by atoms with E-state index in [0.717, 1.165) is 24.2 Å². The van der Waals surface area contributed by atoms with Crippen molar-refractivity contribution in [3.05, 3.63) is 48.0 Å². The number of aliphatic hydroxyl groups excluding tert-OH is 1. The lowest BCUT2D eigenvalue weighted by Gasteiger charge is -2.31. The van der Waals surface area contributed by atoms with E-state index in [9.17, 15) is 5.11 Å². The number of hydrogen-bond acceptors (Lipinski definition) is 3. The quantitative estimate of drug-likeness (QED) is 0.880. The lowest BCUT2D eigenvalue weighted by atomic mass is 9.85. The third-order valence-corrected chi connectivity index (χ3v) is 3.65. The molecule has 0 saturated heterocycles. The number of benzene rings is 1. The number of hydrogen-bond donors (Lipinski definition) is 1. The molecule has 0 saturated carbocycles. The molecule has 3 rings (SSSR count). The SMILES string of the molecule is COc1ccc2c(c1)[C@@H](O)[C@H](n1ccnc1)CC2. The number of aryl methyl sites for hydroxylation is 1. The molecule has 0 amide bonds. The maximum atomic E-state index is 10.5. The fraction of sp³-hybridized carbons (Fsp3) is 0.357. The standard InChI is InChI=1S/C14H16N2O2/c1-18-11-4-2-10-3-5-13(14(17)12(10)8-11)16-7-6-15-9-16/h2,4,6-9,13-14,17H,3,5H2,1H3/t13-,14-/m1/s1. The van der Waals surface area contributed by atoms with Crippen molar-refractivity contribution in [3.63, 3.8) is 0 Å². The lowest BCUT2D eigenvalue weighted by molar-refractivity contribution is 0.0985. The Kier molecular flexibility index (Phi) is 2.80. The normalized spacial score (nSPS) is 22.6. The van der Waals surface area contributed by atoms with Gasteiger partial charge in [-0.2, -0.15) is 0 Å². The van der Waals surface area contributed by atoms with Crippen LogP contribution in [-0.2, 0) is 6.42 Å². The summed E-state index contributed by atoms with van der Waals surface area (Å²) in [7, 11) is 1.64. The third kappa shape index (κ3) is 1.78. The maximum absolute atomic E-state index is 10.5. The van der Waals surface area contributed by atoms with Crippen molar-refractivity contribution < 1.29 is 9.84 Å². The predicted octanol–water partition coefficient (Wildman–Crippen LogP) is 2.11. The molecule has 2 atom stereocenters. The summed E-state index contributed by atoms with van der Waals surface area (Å²) in [4.78, 5) is 4.05. The minimum Gasteiger partial charge on any atom is -0.497 e. The molecule has 1 aromatic heterocycles. The van der Waals surface area contributed by atoms with Gasteiger partial charge in [-0.25, -0.2) is 4.98 Å². The van der Waals surface area contributed by atoms with Gasteiger partial charge < -0.3 is 14.4 Å². The third-order valence-electron chi connectivity index (χ3n) is 3.65. The molecule has 4 heteroatoms. The fourth-order valence-corrected chi connectivity index (χ4v) is 2.65. The first-order valence-corrected chi connectivity index (χ1v) is 6.12. The largest absolute Gasteiger partial charge is 0.497 e. The molecular formula is C14H16N2O2. The number of fused-ring (bicyclic) bond motifs is 1. The second kappa shape index (κ2) is 4.46. The zero-order chi connectivity index (χ0) is 12.5. The number of aromatic nitrogens is 2. The van der Waals surface area contributed by atoms with E-state index in [1.54, 1.807) is 19.6 Å². The number of aliphatic hydroxyl groups is 1. The van der Waals surface area contributed by atoms with Crippen molar-refractivity contribution >= 4 is 0 Å². The molecule has 1 aromatic carbocycles. The Morgan fingerprint density at radius 3 is 3.06 bits per heavy atom. The Labute approximate surface area is 106 Å². The number of imidazole rings is 1. The number of ether oxygens (including phenoxy) is 1. The Morgan fingerprint density at radius 2 is 2.33 bits per heavy atom. The van der Waals surface area contributed by atoms with Crippen molar-refractivity contribution in [2.75, 3.05) is 7.11 Å². The van der Waals surface area contributed by atoms with Gasteiger partial charge in [0.15, 0.2) is 0 Å². The first-order valence-electron chi connectivity index (χ1n) is 6.12. The van der Waals surface area contributed by atoms with Crippen LogP contribution in [0.4, 0.5) is 0 Å². The second-order valence-corrected chi connectivity index (χ2v) is 4.63. The van der Waals surface area contributed by atoms with Crippen LogP contribution in [0.5, 0.6) is 5.75 Å². The van der Waals surface area contributed by atoms with Gasteiger partial charge >= 0.3 is 0 Å². The minimum absolute atomic E-state index is 0.0621. The van der Waals surface area contributed by atoms with Crippen LogP contribution in [0.3, 0.4) is 0 Å². The summed E-state index contributed by atoms with van der Waals surface area (Å²) < 4.78 is 7.20. The van der Waals surface area contributed by atoms with Crippen molar-refractivity contribution in [1.29, 1.82) is 0 Å². The van der Waals surface area contributed by atoms with Gasteiger partial charge in [0.2, 0.25) is 0 Å². The van der Waals surface area contributed by atoms with E-state index in [1.165, 1.54) is 5.56 Å². The van der Waals surface area contributed by atoms with E-state index in [4.69, 9.17) is 4.74 Å². The summed E-state index contributed by atoms with van der Waals surface area (Å²) in [6.07, 6.45) is 6.81. The molecule has 2 aromatic rings. The van der Waals surface area contributed by atoms with Crippen molar-refractivity contribution in [2.45, 2.75) is 25.0 Å². The van der Waals surface area contributed by atoms with Gasteiger partial charge in [-0.15, -0.1) is 0 Å². The van der Waals surface area contributed by atoms with Gasteiger partial charge in [0, 0.05) is 12.4 Å². The first-order chi connectivity index (χ1) is 8.79. The van der Waals surface area contributed by atoms with E-state index in [2.05, 4.69) is 4.98 Å². The highest BCUT2D eigenvalue weighted by Gasteiger charge is 2.29. The summed E-state index contributed by atoms with van der Waals surface area (Å²) in [5.74, 6) is 0.791. The van der Waals surface area contributed by atoms with Crippen LogP contribution in [0.15, 0.2) is 36.9 Å². The monoisotopic (exact) mass is 244 g/mol. The Hall–Kier alpha value is -1.81. The van der Waals surface area contributed by atoms with Crippen LogP contribution in [-0.4, -0.2) is 21.8 Å². The highest BCUT2D eigenvalue weighted by molar-refractivity contribution is 5.39. The molecular weight excluding hydrogens is 228 g/mol. The van der Waals surface area contributed by atoms with E-state index in [0.29, 0.717) is 0 Å². The van der Waals surface area contributed by atoms with Crippen LogP contribution in [0.1, 0.15) is 29.7 Å². The van der Waals surface area contributed by atoms with Gasteiger partial charge in [0.05, 0.1) is 19.5 Å². The Morgan fingerprint density at radius 1 is 1.44 bits per heavy atom. The van der Waals surface area contributed by atoms with Gasteiger partial charge in [-0.05, 0) is 36.1 Å². The highest BCUT2D eigenvalue weighted by Crippen LogP contribution is 2.38. The lowest BCUT2D eigenvalue weighted by Crippen LogP contribution is -2.23. The van der Waals surface area contributed by atoms with Crippen LogP contribution >= 0.6 is 0 Å². The molecule has 4 nitrogen and oxygen atoms in total. The highest BCUT2D eigenvalue weighted by atomic mass is 16.5. The zero-order valence-corrected chi connectivity index (χ0v) is 10.3. The van der Waals surface area contributed by atoms with Gasteiger partial charge in [-0.3, -0.25) is 0 Å². The Balaban J connectivity index is 1.97. The van der Waals surface area contributed by atoms with Crippen molar-refractivity contribution in [3.8, 4) is 5.75 Å².